The molecule has 2 heterocycles. The molecule has 0 radical (unpaired) electrons. The van der Waals surface area contributed by atoms with Crippen LogP contribution >= 0.6 is 0 Å². The average Bonchev–Trinajstić information content (AvgIpc) is 2.72. The lowest BCUT2D eigenvalue weighted by molar-refractivity contribution is 0.455. The Kier molecular flexibility index (Phi) is 2.43. The van der Waals surface area contributed by atoms with Gasteiger partial charge in [-0.1, -0.05) is 6.07 Å². The van der Waals surface area contributed by atoms with E-state index in [1.807, 2.05) is 0 Å². The fourth-order valence-corrected chi connectivity index (χ4v) is 2.30. The van der Waals surface area contributed by atoms with Crippen LogP contribution < -0.4 is 11.1 Å². The number of nitrogens with one attached hydrogen (secondary N) is 1. The van der Waals surface area contributed by atoms with E-state index in [1.165, 1.54) is 18.3 Å². The van der Waals surface area contributed by atoms with Crippen molar-refractivity contribution in [2.24, 2.45) is 0 Å². The quantitative estimate of drug-likeness (QED) is 0.815. The van der Waals surface area contributed by atoms with Crippen LogP contribution in [0.1, 0.15) is 18.0 Å². The smallest absolute Gasteiger partial charge is 0.148 e. The summed E-state index contributed by atoms with van der Waals surface area (Å²) in [6.07, 6.45) is 2.21. The van der Waals surface area contributed by atoms with E-state index in [2.05, 4.69) is 10.4 Å². The van der Waals surface area contributed by atoms with Crippen molar-refractivity contribution in [2.75, 3.05) is 17.6 Å². The van der Waals surface area contributed by atoms with Crippen molar-refractivity contribution >= 4 is 11.5 Å². The largest absolute Gasteiger partial charge is 0.394 e. The maximum atomic E-state index is 13.8. The third-order valence-corrected chi connectivity index (χ3v) is 3.15. The van der Waals surface area contributed by atoms with E-state index in [0.29, 0.717) is 30.0 Å². The maximum absolute atomic E-state index is 13.8. The van der Waals surface area contributed by atoms with Crippen molar-refractivity contribution in [3.63, 3.8) is 0 Å². The molecule has 0 saturated carbocycles. The summed E-state index contributed by atoms with van der Waals surface area (Å²) in [5.41, 5.74) is 6.73. The number of aromatic nitrogens is 2. The molecule has 0 spiro atoms. The van der Waals surface area contributed by atoms with E-state index < -0.39 is 11.6 Å². The van der Waals surface area contributed by atoms with Crippen LogP contribution in [0.4, 0.5) is 20.3 Å². The topological polar surface area (TPSA) is 55.9 Å². The van der Waals surface area contributed by atoms with Crippen LogP contribution in [0.3, 0.4) is 0 Å². The number of benzene rings is 1. The van der Waals surface area contributed by atoms with Gasteiger partial charge in [0.15, 0.2) is 0 Å². The van der Waals surface area contributed by atoms with Crippen LogP contribution in [-0.4, -0.2) is 16.3 Å². The molecule has 0 amide bonds. The van der Waals surface area contributed by atoms with Gasteiger partial charge >= 0.3 is 0 Å². The van der Waals surface area contributed by atoms with Gasteiger partial charge in [0.25, 0.3) is 0 Å². The Labute approximate surface area is 102 Å². The Morgan fingerprint density at radius 3 is 3.00 bits per heavy atom. The van der Waals surface area contributed by atoms with Gasteiger partial charge in [0, 0.05) is 18.2 Å². The predicted octanol–water partition coefficient (Wildman–Crippen LogP) is 2.15. The normalized spacial score (nSPS) is 18.2. The highest BCUT2D eigenvalue weighted by Crippen LogP contribution is 2.33. The number of rotatable bonds is 1. The fourth-order valence-electron chi connectivity index (χ4n) is 2.30. The Bertz CT molecular complexity index is 594. The van der Waals surface area contributed by atoms with Crippen LogP contribution in [0.15, 0.2) is 24.4 Å². The fraction of sp³-hybridized carbons (Fsp3) is 0.250. The summed E-state index contributed by atoms with van der Waals surface area (Å²) in [7, 11) is 0. The second-order valence-corrected chi connectivity index (χ2v) is 4.29. The lowest BCUT2D eigenvalue weighted by Gasteiger charge is -2.26. The first-order valence-electron chi connectivity index (χ1n) is 5.68. The third-order valence-electron chi connectivity index (χ3n) is 3.15. The molecule has 0 fully saturated rings. The molecular weight excluding hydrogens is 238 g/mol. The Morgan fingerprint density at radius 1 is 1.39 bits per heavy atom. The number of hydrogen-bond donors (Lipinski definition) is 2. The Balaban J connectivity index is 2.08. The summed E-state index contributed by atoms with van der Waals surface area (Å²) < 4.78 is 28.4. The molecule has 1 atom stereocenters. The highest BCUT2D eigenvalue weighted by molar-refractivity contribution is 5.62. The van der Waals surface area contributed by atoms with Crippen LogP contribution in [-0.2, 0) is 0 Å². The zero-order chi connectivity index (χ0) is 12.7. The number of fused-ring (bicyclic) bond motifs is 1. The molecule has 3 N–H and O–H groups in total. The summed E-state index contributed by atoms with van der Waals surface area (Å²) in [6, 6.07) is 3.36. The summed E-state index contributed by atoms with van der Waals surface area (Å²) in [5, 5.41) is 7.27. The van der Waals surface area contributed by atoms with Gasteiger partial charge in [0.1, 0.15) is 17.5 Å². The number of nitrogens with two attached hydrogens (primary N) is 1. The van der Waals surface area contributed by atoms with Gasteiger partial charge < -0.3 is 11.1 Å². The molecule has 1 aromatic heterocycles. The zero-order valence-corrected chi connectivity index (χ0v) is 9.53. The Hall–Kier alpha value is -2.11. The first kappa shape index (κ1) is 11.0. The standard InChI is InChI=1S/C12H12F2N4/c13-7-1-2-8(9(14)5-7)11-3-4-16-12-10(15)6-17-18(11)12/h1-2,5-6,11,16H,3-4,15H2. The molecule has 1 aliphatic heterocycles. The van der Waals surface area contributed by atoms with Gasteiger partial charge in [0.2, 0.25) is 0 Å². The molecule has 2 aromatic rings. The first-order chi connectivity index (χ1) is 8.66. The molecular formula is C12H12F2N4. The van der Waals surface area contributed by atoms with Gasteiger partial charge in [-0.3, -0.25) is 0 Å². The van der Waals surface area contributed by atoms with E-state index >= 15 is 0 Å². The second kappa shape index (κ2) is 3.97. The summed E-state index contributed by atoms with van der Waals surface area (Å²) >= 11 is 0. The van der Waals surface area contributed by atoms with E-state index in [9.17, 15) is 8.78 Å². The second-order valence-electron chi connectivity index (χ2n) is 4.29. The van der Waals surface area contributed by atoms with Crippen LogP contribution in [0.5, 0.6) is 0 Å². The molecule has 1 unspecified atom stereocenters. The van der Waals surface area contributed by atoms with Crippen molar-refractivity contribution in [1.29, 1.82) is 0 Å². The molecule has 0 bridgehead atoms. The number of anilines is 2. The van der Waals surface area contributed by atoms with Crippen LogP contribution in [0.25, 0.3) is 0 Å². The Morgan fingerprint density at radius 2 is 2.22 bits per heavy atom. The zero-order valence-electron chi connectivity index (χ0n) is 9.53. The molecule has 1 aliphatic rings. The molecule has 0 aliphatic carbocycles. The molecule has 6 heteroatoms. The highest BCUT2D eigenvalue weighted by atomic mass is 19.1. The van der Waals surface area contributed by atoms with Gasteiger partial charge in [-0.2, -0.15) is 5.10 Å². The minimum absolute atomic E-state index is 0.251. The lowest BCUT2D eigenvalue weighted by Crippen LogP contribution is -2.25. The minimum Gasteiger partial charge on any atom is -0.394 e. The molecule has 3 rings (SSSR count). The van der Waals surface area contributed by atoms with Crippen LogP contribution in [0.2, 0.25) is 0 Å². The number of halogens is 2. The van der Waals surface area contributed by atoms with E-state index in [-0.39, 0.29) is 6.04 Å². The van der Waals surface area contributed by atoms with Crippen molar-refractivity contribution < 1.29 is 8.78 Å². The number of nitrogen functional groups attached to an aromatic ring is 1. The van der Waals surface area contributed by atoms with E-state index in [1.54, 1.807) is 4.68 Å². The first-order valence-corrected chi connectivity index (χ1v) is 5.68. The van der Waals surface area contributed by atoms with Crippen molar-refractivity contribution in [1.82, 2.24) is 9.78 Å². The van der Waals surface area contributed by atoms with Crippen LogP contribution in [0, 0.1) is 11.6 Å². The maximum Gasteiger partial charge on any atom is 0.148 e. The SMILES string of the molecule is Nc1cnn2c1NCCC2c1ccc(F)cc1F. The number of hydrogen-bond acceptors (Lipinski definition) is 3. The summed E-state index contributed by atoms with van der Waals surface area (Å²) in [5.74, 6) is -0.442. The molecule has 0 saturated heterocycles. The predicted molar refractivity (Wildman–Crippen MR) is 64.2 cm³/mol. The lowest BCUT2D eigenvalue weighted by atomic mass is 10.0. The average molecular weight is 250 g/mol. The van der Waals surface area contributed by atoms with E-state index in [0.717, 1.165) is 6.07 Å². The highest BCUT2D eigenvalue weighted by Gasteiger charge is 2.25. The van der Waals surface area contributed by atoms with Gasteiger partial charge in [-0.05, 0) is 12.5 Å². The van der Waals surface area contributed by atoms with Gasteiger partial charge in [0.05, 0.1) is 17.9 Å². The van der Waals surface area contributed by atoms with Gasteiger partial charge in [-0.25, -0.2) is 13.5 Å². The van der Waals surface area contributed by atoms with Crippen molar-refractivity contribution in [3.05, 3.63) is 41.6 Å². The van der Waals surface area contributed by atoms with E-state index in [4.69, 9.17) is 5.73 Å². The van der Waals surface area contributed by atoms with Gasteiger partial charge in [-0.15, -0.1) is 0 Å². The summed E-state index contributed by atoms with van der Waals surface area (Å²) in [6.45, 7) is 0.678. The van der Waals surface area contributed by atoms with Crippen molar-refractivity contribution in [3.8, 4) is 0 Å². The number of nitrogens with zero attached hydrogens (tertiary/aromatic N) is 2. The monoisotopic (exact) mass is 250 g/mol. The minimum atomic E-state index is -0.578. The third kappa shape index (κ3) is 1.61. The molecule has 94 valence electrons. The summed E-state index contributed by atoms with van der Waals surface area (Å²) in [4.78, 5) is 0. The van der Waals surface area contributed by atoms with Crippen molar-refractivity contribution in [2.45, 2.75) is 12.5 Å². The molecule has 4 nitrogen and oxygen atoms in total. The molecule has 1 aromatic carbocycles. The molecule has 18 heavy (non-hydrogen) atoms.